The van der Waals surface area contributed by atoms with Gasteiger partial charge in [-0.3, -0.25) is 4.79 Å². The van der Waals surface area contributed by atoms with E-state index in [0.29, 0.717) is 0 Å². The molecule has 0 fully saturated rings. The van der Waals surface area contributed by atoms with Crippen LogP contribution in [0.2, 0.25) is 0 Å². The molecule has 0 aliphatic heterocycles. The third kappa shape index (κ3) is 1.94. The Labute approximate surface area is 105 Å². The fourth-order valence-corrected chi connectivity index (χ4v) is 3.51. The van der Waals surface area contributed by atoms with Crippen molar-refractivity contribution in [2.24, 2.45) is 0 Å². The average molecular weight is 250 g/mol. The topological polar surface area (TPSA) is 17.1 Å². The van der Waals surface area contributed by atoms with Crippen molar-refractivity contribution in [2.45, 2.75) is 13.3 Å². The molecule has 1 aliphatic rings. The molecule has 0 bridgehead atoms. The minimum Gasteiger partial charge on any atom is -0.289 e. The minimum atomic E-state index is 0.216. The Balaban J connectivity index is 2.48. The van der Waals surface area contributed by atoms with Gasteiger partial charge in [0, 0.05) is 21.8 Å². The van der Waals surface area contributed by atoms with Crippen molar-refractivity contribution in [1.29, 1.82) is 0 Å². The minimum absolute atomic E-state index is 0.216. The average Bonchev–Trinajstić information content (AvgIpc) is 2.58. The zero-order valence-electron chi connectivity index (χ0n) is 9.66. The van der Waals surface area contributed by atoms with E-state index in [0.717, 1.165) is 21.8 Å². The second kappa shape index (κ2) is 4.68. The van der Waals surface area contributed by atoms with Gasteiger partial charge in [0.25, 0.3) is 0 Å². The summed E-state index contributed by atoms with van der Waals surface area (Å²) in [6.07, 6.45) is 4.85. The fraction of sp³-hybridized carbons (Fsp3) is 0.308. The van der Waals surface area contributed by atoms with Crippen molar-refractivity contribution < 1.29 is 4.79 Å². The molecule has 16 heavy (non-hydrogen) atoms. The number of hydrogen-bond donors (Lipinski definition) is 0. The van der Waals surface area contributed by atoms with Crippen molar-refractivity contribution in [3.8, 4) is 0 Å². The zero-order valence-corrected chi connectivity index (χ0v) is 11.3. The monoisotopic (exact) mass is 250 g/mol. The summed E-state index contributed by atoms with van der Waals surface area (Å²) in [7, 11) is 0. The number of allylic oxidation sites excluding steroid dienone is 1. The van der Waals surface area contributed by atoms with E-state index in [-0.39, 0.29) is 5.78 Å². The van der Waals surface area contributed by atoms with Crippen molar-refractivity contribution in [1.82, 2.24) is 0 Å². The van der Waals surface area contributed by atoms with Gasteiger partial charge in [0.1, 0.15) is 0 Å². The highest BCUT2D eigenvalue weighted by molar-refractivity contribution is 8.21. The molecular formula is C13H14OS2. The lowest BCUT2D eigenvalue weighted by molar-refractivity contribution is 0.103. The lowest BCUT2D eigenvalue weighted by Crippen LogP contribution is -1.97. The molecule has 0 saturated heterocycles. The molecule has 0 amide bonds. The first kappa shape index (κ1) is 11.8. The van der Waals surface area contributed by atoms with E-state index in [9.17, 15) is 4.79 Å². The number of fused-ring (bicyclic) bond motifs is 1. The third-order valence-electron chi connectivity index (χ3n) is 2.76. The van der Waals surface area contributed by atoms with E-state index in [2.05, 4.69) is 13.0 Å². The Morgan fingerprint density at radius 1 is 1.25 bits per heavy atom. The van der Waals surface area contributed by atoms with Gasteiger partial charge in [0.15, 0.2) is 5.78 Å². The predicted octanol–water partition coefficient (Wildman–Crippen LogP) is 3.67. The number of rotatable bonds is 2. The summed E-state index contributed by atoms with van der Waals surface area (Å²) in [6, 6.07) is 6.09. The van der Waals surface area contributed by atoms with Gasteiger partial charge in [-0.15, -0.1) is 23.5 Å². The summed E-state index contributed by atoms with van der Waals surface area (Å²) in [6.45, 7) is 2.07. The maximum atomic E-state index is 12.2. The largest absolute Gasteiger partial charge is 0.289 e. The number of thioether (sulfide) groups is 2. The first-order valence-electron chi connectivity index (χ1n) is 5.12. The Bertz CT molecular complexity index is 469. The summed E-state index contributed by atoms with van der Waals surface area (Å²) < 4.78 is 1.15. The van der Waals surface area contributed by atoms with E-state index in [1.54, 1.807) is 23.5 Å². The smallest absolute Gasteiger partial charge is 0.191 e. The van der Waals surface area contributed by atoms with Crippen LogP contribution >= 0.6 is 23.5 Å². The Morgan fingerprint density at radius 3 is 2.56 bits per heavy atom. The number of hydrogen-bond acceptors (Lipinski definition) is 3. The van der Waals surface area contributed by atoms with Crippen LogP contribution < -0.4 is 0 Å². The van der Waals surface area contributed by atoms with E-state index in [4.69, 9.17) is 0 Å². The standard InChI is InChI=1S/C13H14OS2/c1-8-4-5-10-9(6-8)7-11(12(10)14)13(15-2)16-3/h4-6H,7H2,1-3H3. The summed E-state index contributed by atoms with van der Waals surface area (Å²) in [5.74, 6) is 0.216. The molecule has 0 saturated carbocycles. The molecule has 0 atom stereocenters. The van der Waals surface area contributed by atoms with Crippen molar-refractivity contribution in [3.05, 3.63) is 44.7 Å². The van der Waals surface area contributed by atoms with Gasteiger partial charge in [-0.05, 0) is 25.0 Å². The molecular weight excluding hydrogens is 236 g/mol. The third-order valence-corrected chi connectivity index (χ3v) is 5.00. The summed E-state index contributed by atoms with van der Waals surface area (Å²) >= 11 is 3.33. The van der Waals surface area contributed by atoms with Crippen molar-refractivity contribution in [2.75, 3.05) is 12.5 Å². The van der Waals surface area contributed by atoms with Gasteiger partial charge in [0.2, 0.25) is 0 Å². The van der Waals surface area contributed by atoms with Gasteiger partial charge in [-0.2, -0.15) is 0 Å². The Kier molecular flexibility index (Phi) is 3.45. The van der Waals surface area contributed by atoms with Crippen LogP contribution in [0, 0.1) is 6.92 Å². The lowest BCUT2D eigenvalue weighted by atomic mass is 10.1. The molecule has 1 aliphatic carbocycles. The van der Waals surface area contributed by atoms with E-state index < -0.39 is 0 Å². The van der Waals surface area contributed by atoms with Crippen LogP contribution in [-0.4, -0.2) is 18.3 Å². The molecule has 0 heterocycles. The number of carbonyl (C=O) groups excluding carboxylic acids is 1. The molecule has 84 valence electrons. The molecule has 3 heteroatoms. The zero-order chi connectivity index (χ0) is 11.7. The van der Waals surface area contributed by atoms with Crippen LogP contribution in [-0.2, 0) is 6.42 Å². The lowest BCUT2D eigenvalue weighted by Gasteiger charge is -2.02. The first-order chi connectivity index (χ1) is 7.67. The second-order valence-electron chi connectivity index (χ2n) is 3.84. The number of carbonyl (C=O) groups is 1. The Morgan fingerprint density at radius 2 is 1.94 bits per heavy atom. The van der Waals surface area contributed by atoms with E-state index >= 15 is 0 Å². The molecule has 0 N–H and O–H groups in total. The highest BCUT2D eigenvalue weighted by Gasteiger charge is 2.27. The maximum Gasteiger partial charge on any atom is 0.191 e. The van der Waals surface area contributed by atoms with Crippen LogP contribution in [0.5, 0.6) is 0 Å². The van der Waals surface area contributed by atoms with Crippen LogP contribution in [0.3, 0.4) is 0 Å². The molecule has 0 aromatic heterocycles. The predicted molar refractivity (Wildman–Crippen MR) is 73.3 cm³/mol. The van der Waals surface area contributed by atoms with Crippen LogP contribution in [0.1, 0.15) is 21.5 Å². The summed E-state index contributed by atoms with van der Waals surface area (Å²) in [4.78, 5) is 12.2. The molecule has 1 aromatic rings. The van der Waals surface area contributed by atoms with Gasteiger partial charge >= 0.3 is 0 Å². The molecule has 1 aromatic carbocycles. The van der Waals surface area contributed by atoms with E-state index in [1.165, 1.54) is 11.1 Å². The molecule has 0 unspecified atom stereocenters. The molecule has 1 nitrogen and oxygen atoms in total. The summed E-state index contributed by atoms with van der Waals surface area (Å²) in [5.41, 5.74) is 4.27. The van der Waals surface area contributed by atoms with Gasteiger partial charge in [-0.25, -0.2) is 0 Å². The van der Waals surface area contributed by atoms with Gasteiger partial charge < -0.3 is 0 Å². The summed E-state index contributed by atoms with van der Waals surface area (Å²) in [5, 5.41) is 0. The number of ketones is 1. The molecule has 2 rings (SSSR count). The number of Topliss-reactive ketones (excluding diaryl/α,β-unsaturated/α-hetero) is 1. The maximum absolute atomic E-state index is 12.2. The highest BCUT2D eigenvalue weighted by Crippen LogP contribution is 2.36. The normalized spacial score (nSPS) is 14.2. The molecule has 0 radical (unpaired) electrons. The number of benzene rings is 1. The molecule has 0 spiro atoms. The van der Waals surface area contributed by atoms with Crippen LogP contribution in [0.15, 0.2) is 28.0 Å². The highest BCUT2D eigenvalue weighted by atomic mass is 32.2. The first-order valence-corrected chi connectivity index (χ1v) is 7.57. The van der Waals surface area contributed by atoms with Crippen LogP contribution in [0.4, 0.5) is 0 Å². The van der Waals surface area contributed by atoms with Crippen LogP contribution in [0.25, 0.3) is 0 Å². The SMILES string of the molecule is CSC(SC)=C1Cc2cc(C)ccc2C1=O. The Hall–Kier alpha value is -0.670. The van der Waals surface area contributed by atoms with Crippen molar-refractivity contribution >= 4 is 29.3 Å². The van der Waals surface area contributed by atoms with Crippen molar-refractivity contribution in [3.63, 3.8) is 0 Å². The van der Waals surface area contributed by atoms with Gasteiger partial charge in [-0.1, -0.05) is 23.8 Å². The fourth-order valence-electron chi connectivity index (χ4n) is 2.02. The second-order valence-corrected chi connectivity index (χ2v) is 5.73. The quantitative estimate of drug-likeness (QED) is 0.745. The number of aryl methyl sites for hydroxylation is 1. The van der Waals surface area contributed by atoms with Gasteiger partial charge in [0.05, 0.1) is 0 Å². The van der Waals surface area contributed by atoms with E-state index in [1.807, 2.05) is 24.6 Å².